The number of aryl methyl sites for hydroxylation is 2. The third-order valence-corrected chi connectivity index (χ3v) is 3.52. The first-order valence-electron chi connectivity index (χ1n) is 5.90. The topological polar surface area (TPSA) is 28.7 Å². The number of H-pyrrole nitrogens is 1. The van der Waals surface area contributed by atoms with Crippen molar-refractivity contribution in [2.24, 2.45) is 0 Å². The number of imidazole rings is 1. The number of rotatable bonds is 1. The first kappa shape index (κ1) is 11.4. The molecule has 3 aromatic rings. The van der Waals surface area contributed by atoms with Crippen LogP contribution >= 0.6 is 12.6 Å². The number of benzene rings is 2. The molecule has 0 aliphatic heterocycles. The second-order valence-corrected chi connectivity index (χ2v) is 5.10. The van der Waals surface area contributed by atoms with Crippen molar-refractivity contribution >= 4 is 23.7 Å². The highest BCUT2D eigenvalue weighted by atomic mass is 32.1. The molecule has 0 aliphatic carbocycles. The quantitative estimate of drug-likeness (QED) is 0.628. The third-order valence-electron chi connectivity index (χ3n) is 3.25. The number of nitrogens with one attached hydrogen (secondary N) is 1. The van der Waals surface area contributed by atoms with E-state index in [1.165, 1.54) is 11.1 Å². The molecule has 0 spiro atoms. The SMILES string of the molecule is Cc1ccc(-c2nc3ccc(S)cc3[nH]2)cc1C. The minimum Gasteiger partial charge on any atom is -0.338 e. The van der Waals surface area contributed by atoms with Gasteiger partial charge >= 0.3 is 0 Å². The Labute approximate surface area is 111 Å². The molecule has 2 aromatic carbocycles. The van der Waals surface area contributed by atoms with Crippen LogP contribution in [0.2, 0.25) is 0 Å². The van der Waals surface area contributed by atoms with Crippen molar-refractivity contribution in [2.75, 3.05) is 0 Å². The lowest BCUT2D eigenvalue weighted by molar-refractivity contribution is 1.29. The monoisotopic (exact) mass is 254 g/mol. The summed E-state index contributed by atoms with van der Waals surface area (Å²) in [7, 11) is 0. The fourth-order valence-corrected chi connectivity index (χ4v) is 2.23. The van der Waals surface area contributed by atoms with Gasteiger partial charge in [0.2, 0.25) is 0 Å². The molecule has 0 radical (unpaired) electrons. The Morgan fingerprint density at radius 3 is 2.61 bits per heavy atom. The molecular weight excluding hydrogens is 240 g/mol. The predicted octanol–water partition coefficient (Wildman–Crippen LogP) is 4.14. The lowest BCUT2D eigenvalue weighted by Crippen LogP contribution is -1.84. The minimum absolute atomic E-state index is 0.909. The van der Waals surface area contributed by atoms with Crippen molar-refractivity contribution in [3.63, 3.8) is 0 Å². The van der Waals surface area contributed by atoms with E-state index in [1.54, 1.807) is 0 Å². The van der Waals surface area contributed by atoms with Crippen LogP contribution in [0.4, 0.5) is 0 Å². The van der Waals surface area contributed by atoms with E-state index in [9.17, 15) is 0 Å². The number of hydrogen-bond acceptors (Lipinski definition) is 2. The van der Waals surface area contributed by atoms with E-state index in [2.05, 4.69) is 54.6 Å². The first-order chi connectivity index (χ1) is 8.63. The van der Waals surface area contributed by atoms with E-state index >= 15 is 0 Å². The van der Waals surface area contributed by atoms with Crippen molar-refractivity contribution in [2.45, 2.75) is 18.7 Å². The summed E-state index contributed by atoms with van der Waals surface area (Å²) in [6, 6.07) is 12.3. The number of aromatic amines is 1. The average molecular weight is 254 g/mol. The van der Waals surface area contributed by atoms with Gasteiger partial charge in [0.15, 0.2) is 0 Å². The van der Waals surface area contributed by atoms with Gasteiger partial charge in [0.25, 0.3) is 0 Å². The van der Waals surface area contributed by atoms with Gasteiger partial charge in [-0.2, -0.15) is 0 Å². The standard InChI is InChI=1S/C15H14N2S/c1-9-3-4-11(7-10(9)2)15-16-13-6-5-12(18)8-14(13)17-15/h3-8,18H,1-2H3,(H,16,17). The number of fused-ring (bicyclic) bond motifs is 1. The summed E-state index contributed by atoms with van der Waals surface area (Å²) in [6.45, 7) is 4.23. The second kappa shape index (κ2) is 4.18. The molecule has 3 rings (SSSR count). The van der Waals surface area contributed by atoms with Crippen LogP contribution in [-0.4, -0.2) is 9.97 Å². The Morgan fingerprint density at radius 2 is 1.83 bits per heavy atom. The first-order valence-corrected chi connectivity index (χ1v) is 6.34. The number of thiol groups is 1. The lowest BCUT2D eigenvalue weighted by Gasteiger charge is -2.02. The molecule has 1 heterocycles. The van der Waals surface area contributed by atoms with Crippen LogP contribution < -0.4 is 0 Å². The van der Waals surface area contributed by atoms with Gasteiger partial charge < -0.3 is 4.98 Å². The molecule has 0 aliphatic rings. The number of aromatic nitrogens is 2. The molecule has 0 atom stereocenters. The van der Waals surface area contributed by atoms with Crippen LogP contribution in [0.15, 0.2) is 41.3 Å². The van der Waals surface area contributed by atoms with Crippen LogP contribution in [-0.2, 0) is 0 Å². The van der Waals surface area contributed by atoms with Crippen molar-refractivity contribution in [1.82, 2.24) is 9.97 Å². The van der Waals surface area contributed by atoms with Crippen molar-refractivity contribution < 1.29 is 0 Å². The van der Waals surface area contributed by atoms with Crippen molar-refractivity contribution in [3.8, 4) is 11.4 Å². The molecule has 0 amide bonds. The summed E-state index contributed by atoms with van der Waals surface area (Å²) in [5.41, 5.74) is 5.70. The summed E-state index contributed by atoms with van der Waals surface area (Å²) in [5.74, 6) is 0.909. The summed E-state index contributed by atoms with van der Waals surface area (Å²) in [5, 5.41) is 0. The largest absolute Gasteiger partial charge is 0.338 e. The van der Waals surface area contributed by atoms with Gasteiger partial charge in [0.1, 0.15) is 5.82 Å². The lowest BCUT2D eigenvalue weighted by atomic mass is 10.1. The number of hydrogen-bond donors (Lipinski definition) is 2. The average Bonchev–Trinajstić information content (AvgIpc) is 2.75. The van der Waals surface area contributed by atoms with E-state index < -0.39 is 0 Å². The normalized spacial score (nSPS) is 11.1. The molecule has 1 N–H and O–H groups in total. The molecule has 18 heavy (non-hydrogen) atoms. The van der Waals surface area contributed by atoms with Gasteiger partial charge in [-0.15, -0.1) is 12.6 Å². The Balaban J connectivity index is 2.16. The second-order valence-electron chi connectivity index (χ2n) is 4.59. The highest BCUT2D eigenvalue weighted by Crippen LogP contribution is 2.23. The van der Waals surface area contributed by atoms with Crippen molar-refractivity contribution in [1.29, 1.82) is 0 Å². The van der Waals surface area contributed by atoms with E-state index in [4.69, 9.17) is 0 Å². The summed E-state index contributed by atoms with van der Waals surface area (Å²) < 4.78 is 0. The Morgan fingerprint density at radius 1 is 1.00 bits per heavy atom. The van der Waals surface area contributed by atoms with Gasteiger partial charge in [-0.3, -0.25) is 0 Å². The maximum absolute atomic E-state index is 4.61. The summed E-state index contributed by atoms with van der Waals surface area (Å²) in [4.78, 5) is 8.89. The Hall–Kier alpha value is -1.74. The molecule has 90 valence electrons. The van der Waals surface area contributed by atoms with Gasteiger partial charge in [-0.1, -0.05) is 12.1 Å². The Bertz CT molecular complexity index is 728. The van der Waals surface area contributed by atoms with E-state index in [1.807, 2.05) is 18.2 Å². The van der Waals surface area contributed by atoms with Crippen LogP contribution in [0.1, 0.15) is 11.1 Å². The van der Waals surface area contributed by atoms with Gasteiger partial charge in [-0.05, 0) is 49.2 Å². The molecule has 0 unspecified atom stereocenters. The van der Waals surface area contributed by atoms with E-state index in [-0.39, 0.29) is 0 Å². The van der Waals surface area contributed by atoms with Crippen molar-refractivity contribution in [3.05, 3.63) is 47.5 Å². The van der Waals surface area contributed by atoms with Crippen LogP contribution in [0.5, 0.6) is 0 Å². The predicted molar refractivity (Wildman–Crippen MR) is 78.3 cm³/mol. The zero-order valence-corrected chi connectivity index (χ0v) is 11.3. The maximum Gasteiger partial charge on any atom is 0.138 e. The molecule has 0 fully saturated rings. The highest BCUT2D eigenvalue weighted by molar-refractivity contribution is 7.80. The summed E-state index contributed by atoms with van der Waals surface area (Å²) >= 11 is 4.34. The fourth-order valence-electron chi connectivity index (χ4n) is 2.02. The fraction of sp³-hybridized carbons (Fsp3) is 0.133. The van der Waals surface area contributed by atoms with Gasteiger partial charge in [0, 0.05) is 10.5 Å². The zero-order valence-electron chi connectivity index (χ0n) is 10.4. The van der Waals surface area contributed by atoms with Gasteiger partial charge in [-0.25, -0.2) is 4.98 Å². The van der Waals surface area contributed by atoms with E-state index in [0.717, 1.165) is 27.3 Å². The highest BCUT2D eigenvalue weighted by Gasteiger charge is 2.06. The molecule has 2 nitrogen and oxygen atoms in total. The Kier molecular flexibility index (Phi) is 2.63. The van der Waals surface area contributed by atoms with E-state index in [0.29, 0.717) is 0 Å². The summed E-state index contributed by atoms with van der Waals surface area (Å²) in [6.07, 6.45) is 0. The maximum atomic E-state index is 4.61. The molecular formula is C15H14N2S. The third kappa shape index (κ3) is 1.91. The van der Waals surface area contributed by atoms with Crippen LogP contribution in [0, 0.1) is 13.8 Å². The smallest absolute Gasteiger partial charge is 0.138 e. The molecule has 0 bridgehead atoms. The van der Waals surface area contributed by atoms with Crippen LogP contribution in [0.25, 0.3) is 22.4 Å². The number of nitrogens with zero attached hydrogens (tertiary/aromatic N) is 1. The van der Waals surface area contributed by atoms with Gasteiger partial charge in [0.05, 0.1) is 11.0 Å². The molecule has 3 heteroatoms. The molecule has 0 saturated carbocycles. The minimum atomic E-state index is 0.909. The van der Waals surface area contributed by atoms with Crippen LogP contribution in [0.3, 0.4) is 0 Å². The molecule has 1 aromatic heterocycles. The molecule has 0 saturated heterocycles. The zero-order chi connectivity index (χ0) is 12.7.